The summed E-state index contributed by atoms with van der Waals surface area (Å²) in [6.07, 6.45) is 0.852. The SMILES string of the molecule is N#CC1=C2N=C(N)c3ccccc3N2C2=C(C(=O)C[C@H](c3ccccc3)C2)[C@@H]1c1ccccc1F. The highest BCUT2D eigenvalue weighted by atomic mass is 19.1. The number of hydrogen-bond donors (Lipinski definition) is 1. The number of Topliss-reactive ketones (excluding diaryl/α,β-unsaturated/α-hetero) is 1. The zero-order chi connectivity index (χ0) is 24.1. The molecule has 0 spiro atoms. The molecule has 0 amide bonds. The Labute approximate surface area is 202 Å². The molecule has 0 unspecified atom stereocenters. The van der Waals surface area contributed by atoms with Crippen LogP contribution in [0, 0.1) is 17.1 Å². The normalized spacial score (nSPS) is 21.1. The second kappa shape index (κ2) is 8.07. The van der Waals surface area contributed by atoms with E-state index in [4.69, 9.17) is 5.73 Å². The first kappa shape index (κ1) is 21.1. The van der Waals surface area contributed by atoms with Crippen LogP contribution in [0.15, 0.2) is 107 Å². The Morgan fingerprint density at radius 1 is 0.971 bits per heavy atom. The molecule has 0 fully saturated rings. The Balaban J connectivity index is 1.64. The molecule has 0 saturated heterocycles. The summed E-state index contributed by atoms with van der Waals surface area (Å²) < 4.78 is 15.1. The van der Waals surface area contributed by atoms with E-state index in [1.54, 1.807) is 18.2 Å². The Bertz CT molecular complexity index is 1510. The largest absolute Gasteiger partial charge is 0.383 e. The number of nitriles is 1. The molecule has 2 aliphatic heterocycles. The number of hydrogen-bond acceptors (Lipinski definition) is 5. The average molecular weight is 461 g/mol. The van der Waals surface area contributed by atoms with Crippen LogP contribution in [0.5, 0.6) is 0 Å². The van der Waals surface area contributed by atoms with E-state index in [0.29, 0.717) is 29.8 Å². The van der Waals surface area contributed by atoms with Gasteiger partial charge in [0, 0.05) is 28.8 Å². The topological polar surface area (TPSA) is 82.5 Å². The molecule has 0 radical (unpaired) electrons. The fourth-order valence-corrected chi connectivity index (χ4v) is 5.50. The fourth-order valence-electron chi connectivity index (χ4n) is 5.50. The first-order valence-corrected chi connectivity index (χ1v) is 11.5. The van der Waals surface area contributed by atoms with Gasteiger partial charge in [-0.15, -0.1) is 0 Å². The lowest BCUT2D eigenvalue weighted by Crippen LogP contribution is -2.40. The van der Waals surface area contributed by atoms with Gasteiger partial charge in [0.1, 0.15) is 11.7 Å². The van der Waals surface area contributed by atoms with Crippen molar-refractivity contribution in [2.75, 3.05) is 4.90 Å². The minimum atomic E-state index is -0.839. The number of amidine groups is 1. The maximum absolute atomic E-state index is 15.1. The lowest BCUT2D eigenvalue weighted by atomic mass is 9.71. The van der Waals surface area contributed by atoms with Crippen LogP contribution in [0.3, 0.4) is 0 Å². The summed E-state index contributed by atoms with van der Waals surface area (Å²) in [7, 11) is 0. The molecule has 3 aromatic rings. The van der Waals surface area contributed by atoms with Gasteiger partial charge in [-0.05, 0) is 36.1 Å². The number of benzene rings is 3. The summed E-state index contributed by atoms with van der Waals surface area (Å²) in [5.74, 6) is -0.773. The average Bonchev–Trinajstić information content (AvgIpc) is 2.89. The second-order valence-corrected chi connectivity index (χ2v) is 8.95. The number of nitrogens with zero attached hydrogens (tertiary/aromatic N) is 3. The van der Waals surface area contributed by atoms with Crippen molar-refractivity contribution in [2.24, 2.45) is 10.7 Å². The lowest BCUT2D eigenvalue weighted by molar-refractivity contribution is -0.116. The van der Waals surface area contributed by atoms with Crippen molar-refractivity contribution in [3.8, 4) is 6.07 Å². The van der Waals surface area contributed by atoms with Crippen molar-refractivity contribution < 1.29 is 9.18 Å². The minimum absolute atomic E-state index is 0.0379. The van der Waals surface area contributed by atoms with Gasteiger partial charge in [-0.3, -0.25) is 9.69 Å². The van der Waals surface area contributed by atoms with Crippen LogP contribution in [0.25, 0.3) is 0 Å². The van der Waals surface area contributed by atoms with Crippen LogP contribution in [0.1, 0.15) is 41.4 Å². The molecule has 2 atom stereocenters. The van der Waals surface area contributed by atoms with Crippen molar-refractivity contribution in [1.29, 1.82) is 5.26 Å². The Kier molecular flexibility index (Phi) is 4.85. The number of ketones is 1. The number of allylic oxidation sites excluding steroid dienone is 3. The highest BCUT2D eigenvalue weighted by molar-refractivity contribution is 6.08. The second-order valence-electron chi connectivity index (χ2n) is 8.95. The third-order valence-corrected chi connectivity index (χ3v) is 7.04. The molecule has 6 rings (SSSR count). The van der Waals surface area contributed by atoms with Gasteiger partial charge in [0.05, 0.1) is 23.2 Å². The summed E-state index contributed by atoms with van der Waals surface area (Å²) in [6, 6.07) is 26.1. The molecule has 6 heteroatoms. The van der Waals surface area contributed by atoms with E-state index in [-0.39, 0.29) is 23.1 Å². The third-order valence-electron chi connectivity index (χ3n) is 7.04. The molecule has 5 nitrogen and oxygen atoms in total. The van der Waals surface area contributed by atoms with E-state index in [9.17, 15) is 10.1 Å². The summed E-state index contributed by atoms with van der Waals surface area (Å²) >= 11 is 0. The maximum atomic E-state index is 15.1. The molecule has 2 heterocycles. The molecule has 3 aliphatic rings. The number of nitrogens with two attached hydrogens (primary N) is 1. The zero-order valence-electron chi connectivity index (χ0n) is 18.8. The minimum Gasteiger partial charge on any atom is -0.383 e. The van der Waals surface area contributed by atoms with Crippen LogP contribution in [-0.2, 0) is 4.79 Å². The number of anilines is 1. The number of fused-ring (bicyclic) bond motifs is 4. The summed E-state index contributed by atoms with van der Waals surface area (Å²) in [4.78, 5) is 20.3. The van der Waals surface area contributed by atoms with Gasteiger partial charge < -0.3 is 5.73 Å². The van der Waals surface area contributed by atoms with Gasteiger partial charge in [0.2, 0.25) is 0 Å². The number of rotatable bonds is 2. The van der Waals surface area contributed by atoms with E-state index in [0.717, 1.165) is 22.5 Å². The monoisotopic (exact) mass is 460 g/mol. The van der Waals surface area contributed by atoms with E-state index >= 15 is 4.39 Å². The molecule has 0 saturated carbocycles. The van der Waals surface area contributed by atoms with Gasteiger partial charge in [-0.25, -0.2) is 9.38 Å². The standard InChI is InChI=1S/C29H21FN4O/c30-22-12-6-4-10-19(22)26-21(16-31)29-33-28(32)20-11-5-7-13-23(20)34(29)24-14-18(15-25(35)27(24)26)17-8-2-1-3-9-17/h1-13,18,26H,14-15H2,(H2,32,33)/t18-,26-/m1/s1. The number of carbonyl (C=O) groups excluding carboxylic acids is 1. The van der Waals surface area contributed by atoms with Crippen molar-refractivity contribution >= 4 is 17.3 Å². The maximum Gasteiger partial charge on any atom is 0.162 e. The van der Waals surface area contributed by atoms with Crippen molar-refractivity contribution in [2.45, 2.75) is 24.7 Å². The van der Waals surface area contributed by atoms with E-state index in [2.05, 4.69) is 11.1 Å². The number of halogens is 1. The number of aliphatic imine (C=N–C) groups is 1. The van der Waals surface area contributed by atoms with Gasteiger partial charge in [-0.1, -0.05) is 60.7 Å². The zero-order valence-corrected chi connectivity index (χ0v) is 18.8. The first-order valence-electron chi connectivity index (χ1n) is 11.5. The van der Waals surface area contributed by atoms with Gasteiger partial charge in [-0.2, -0.15) is 5.26 Å². The summed E-state index contributed by atoms with van der Waals surface area (Å²) in [5, 5.41) is 10.3. The third kappa shape index (κ3) is 3.20. The molecule has 0 aromatic heterocycles. The van der Waals surface area contributed by atoms with Crippen molar-refractivity contribution in [3.63, 3.8) is 0 Å². The van der Waals surface area contributed by atoms with Crippen molar-refractivity contribution in [3.05, 3.63) is 124 Å². The predicted molar refractivity (Wildman–Crippen MR) is 132 cm³/mol. The smallest absolute Gasteiger partial charge is 0.162 e. The van der Waals surface area contributed by atoms with Gasteiger partial charge in [0.15, 0.2) is 11.6 Å². The van der Waals surface area contributed by atoms with E-state index in [1.165, 1.54) is 6.07 Å². The number of para-hydroxylation sites is 1. The Morgan fingerprint density at radius 2 is 1.69 bits per heavy atom. The lowest BCUT2D eigenvalue weighted by Gasteiger charge is -2.43. The predicted octanol–water partition coefficient (Wildman–Crippen LogP) is 5.28. The fraction of sp³-hybridized carbons (Fsp3) is 0.138. The molecule has 2 N–H and O–H groups in total. The molecule has 1 aliphatic carbocycles. The number of carbonyl (C=O) groups is 1. The quantitative estimate of drug-likeness (QED) is 0.564. The Morgan fingerprint density at radius 3 is 2.46 bits per heavy atom. The molecule has 3 aromatic carbocycles. The van der Waals surface area contributed by atoms with E-state index < -0.39 is 11.7 Å². The van der Waals surface area contributed by atoms with Crippen LogP contribution in [-0.4, -0.2) is 11.6 Å². The van der Waals surface area contributed by atoms with Crippen LogP contribution < -0.4 is 10.6 Å². The van der Waals surface area contributed by atoms with Crippen LogP contribution >= 0.6 is 0 Å². The summed E-state index contributed by atoms with van der Waals surface area (Å²) in [5.41, 5.74) is 10.6. The molecular formula is C29H21FN4O. The Hall–Kier alpha value is -4.50. The first-order chi connectivity index (χ1) is 17.1. The highest BCUT2D eigenvalue weighted by Gasteiger charge is 2.45. The highest BCUT2D eigenvalue weighted by Crippen LogP contribution is 2.52. The molecular weight excluding hydrogens is 439 g/mol. The van der Waals surface area contributed by atoms with Crippen molar-refractivity contribution in [1.82, 2.24) is 0 Å². The van der Waals surface area contributed by atoms with Gasteiger partial charge in [0.25, 0.3) is 0 Å². The molecule has 170 valence electrons. The van der Waals surface area contributed by atoms with E-state index in [1.807, 2.05) is 59.5 Å². The van der Waals surface area contributed by atoms with Gasteiger partial charge >= 0.3 is 0 Å². The summed E-state index contributed by atoms with van der Waals surface area (Å²) in [6.45, 7) is 0. The van der Waals surface area contributed by atoms with Crippen LogP contribution in [0.4, 0.5) is 10.1 Å². The van der Waals surface area contributed by atoms with Crippen LogP contribution in [0.2, 0.25) is 0 Å². The molecule has 35 heavy (non-hydrogen) atoms. The molecule has 0 bridgehead atoms.